The number of hydrogen-bond donors (Lipinski definition) is 1. The second-order valence-corrected chi connectivity index (χ2v) is 9.20. The molecule has 1 fully saturated rings. The van der Waals surface area contributed by atoms with Crippen LogP contribution in [0.3, 0.4) is 0 Å². The molecule has 7 heteroatoms. The lowest BCUT2D eigenvalue weighted by Crippen LogP contribution is -2.47. The van der Waals surface area contributed by atoms with Crippen LogP contribution in [0.1, 0.15) is 40.0 Å². The van der Waals surface area contributed by atoms with Gasteiger partial charge >= 0.3 is 6.09 Å². The van der Waals surface area contributed by atoms with Crippen LogP contribution in [0.2, 0.25) is 5.02 Å². The van der Waals surface area contributed by atoms with Crippen LogP contribution in [0.4, 0.5) is 4.79 Å². The third-order valence-corrected chi connectivity index (χ3v) is 5.29. The van der Waals surface area contributed by atoms with Gasteiger partial charge in [0, 0.05) is 29.6 Å². The van der Waals surface area contributed by atoms with E-state index in [4.69, 9.17) is 16.3 Å². The van der Waals surface area contributed by atoms with Gasteiger partial charge in [0.25, 0.3) is 0 Å². The Balaban J connectivity index is 1.68. The van der Waals surface area contributed by atoms with Crippen molar-refractivity contribution < 1.29 is 14.3 Å². The van der Waals surface area contributed by atoms with Crippen molar-refractivity contribution in [3.8, 4) is 0 Å². The number of nitrogens with one attached hydrogen (secondary N) is 1. The fourth-order valence-corrected chi connectivity index (χ4v) is 3.62. The molecule has 0 unspecified atom stereocenters. The predicted octanol–water partition coefficient (Wildman–Crippen LogP) is 5.10. The van der Waals surface area contributed by atoms with Crippen LogP contribution in [0.15, 0.2) is 40.6 Å². The standard InChI is InChI=1S/C21H29ClN2O3S/c1-21(2,3)27-20(26)24-13-6-7-16(15-24)19(25)23-12-4-5-14-28-18-10-8-17(22)9-11-18/h5,8-11,14,16H,4,6-7,12-13,15H2,1-3H3,(H,23,25)/b14-5+/t16-/m0/s1. The fraction of sp³-hybridized carbons (Fsp3) is 0.524. The normalized spacial score (nSPS) is 17.6. The number of rotatable bonds is 6. The highest BCUT2D eigenvalue weighted by atomic mass is 35.5. The minimum atomic E-state index is -0.525. The molecule has 0 radical (unpaired) electrons. The van der Waals surface area contributed by atoms with Crippen molar-refractivity contribution in [1.29, 1.82) is 0 Å². The van der Waals surface area contributed by atoms with Gasteiger partial charge in [-0.2, -0.15) is 0 Å². The second kappa shape index (κ2) is 10.8. The van der Waals surface area contributed by atoms with E-state index in [0.717, 1.165) is 29.2 Å². The molecule has 1 heterocycles. The first-order valence-electron chi connectivity index (χ1n) is 9.57. The van der Waals surface area contributed by atoms with E-state index in [1.54, 1.807) is 16.7 Å². The Morgan fingerprint density at radius 3 is 2.71 bits per heavy atom. The average Bonchev–Trinajstić information content (AvgIpc) is 2.64. The van der Waals surface area contributed by atoms with Gasteiger partial charge in [0.05, 0.1) is 5.92 Å². The molecule has 0 spiro atoms. The Morgan fingerprint density at radius 2 is 2.04 bits per heavy atom. The lowest BCUT2D eigenvalue weighted by Gasteiger charge is -2.33. The molecule has 1 saturated heterocycles. The number of halogens is 1. The lowest BCUT2D eigenvalue weighted by molar-refractivity contribution is -0.126. The maximum absolute atomic E-state index is 12.4. The first-order valence-corrected chi connectivity index (χ1v) is 10.8. The molecular formula is C21H29ClN2O3S. The van der Waals surface area contributed by atoms with Gasteiger partial charge in [0.2, 0.25) is 5.91 Å². The highest BCUT2D eigenvalue weighted by Gasteiger charge is 2.30. The molecular weight excluding hydrogens is 396 g/mol. The number of hydrogen-bond acceptors (Lipinski definition) is 4. The van der Waals surface area contributed by atoms with Crippen LogP contribution in [0, 0.1) is 5.92 Å². The molecule has 154 valence electrons. The van der Waals surface area contributed by atoms with Gasteiger partial charge in [-0.15, -0.1) is 0 Å². The smallest absolute Gasteiger partial charge is 0.410 e. The predicted molar refractivity (Wildman–Crippen MR) is 115 cm³/mol. The van der Waals surface area contributed by atoms with E-state index in [1.807, 2.05) is 56.5 Å². The molecule has 2 amide bonds. The van der Waals surface area contributed by atoms with Crippen LogP contribution in [-0.2, 0) is 9.53 Å². The zero-order valence-electron chi connectivity index (χ0n) is 16.7. The molecule has 0 aromatic heterocycles. The molecule has 1 aromatic carbocycles. The maximum Gasteiger partial charge on any atom is 0.410 e. The van der Waals surface area contributed by atoms with Crippen LogP contribution < -0.4 is 5.32 Å². The quantitative estimate of drug-likeness (QED) is 0.509. The summed E-state index contributed by atoms with van der Waals surface area (Å²) in [6, 6.07) is 7.67. The molecule has 0 saturated carbocycles. The molecule has 1 aliphatic rings. The molecule has 1 atom stereocenters. The zero-order chi connectivity index (χ0) is 20.6. The summed E-state index contributed by atoms with van der Waals surface area (Å²) in [7, 11) is 0. The van der Waals surface area contributed by atoms with E-state index in [-0.39, 0.29) is 17.9 Å². The number of nitrogens with zero attached hydrogens (tertiary/aromatic N) is 1. The monoisotopic (exact) mass is 424 g/mol. The van der Waals surface area contributed by atoms with Gasteiger partial charge in [-0.1, -0.05) is 29.4 Å². The highest BCUT2D eigenvalue weighted by molar-refractivity contribution is 8.02. The average molecular weight is 425 g/mol. The molecule has 28 heavy (non-hydrogen) atoms. The van der Waals surface area contributed by atoms with Crippen molar-refractivity contribution in [1.82, 2.24) is 10.2 Å². The van der Waals surface area contributed by atoms with Crippen molar-refractivity contribution in [3.63, 3.8) is 0 Å². The Morgan fingerprint density at radius 1 is 1.32 bits per heavy atom. The van der Waals surface area contributed by atoms with Gasteiger partial charge in [-0.05, 0) is 69.7 Å². The van der Waals surface area contributed by atoms with Crippen molar-refractivity contribution in [3.05, 3.63) is 40.8 Å². The SMILES string of the molecule is CC(C)(C)OC(=O)N1CCC[C@H](C(=O)NCC/C=C/Sc2ccc(Cl)cc2)C1. The Hall–Kier alpha value is -1.66. The van der Waals surface area contributed by atoms with Crippen LogP contribution in [0.5, 0.6) is 0 Å². The summed E-state index contributed by atoms with van der Waals surface area (Å²) in [6.07, 6.45) is 4.07. The summed E-state index contributed by atoms with van der Waals surface area (Å²) in [6.45, 7) is 7.18. The largest absolute Gasteiger partial charge is 0.444 e. The first-order chi connectivity index (χ1) is 13.2. The van der Waals surface area contributed by atoms with Crippen molar-refractivity contribution in [2.24, 2.45) is 5.92 Å². The molecule has 5 nitrogen and oxygen atoms in total. The molecule has 0 bridgehead atoms. The Kier molecular flexibility index (Phi) is 8.70. The van der Waals surface area contributed by atoms with E-state index < -0.39 is 5.60 Å². The summed E-state index contributed by atoms with van der Waals surface area (Å²) < 4.78 is 5.41. The van der Waals surface area contributed by atoms with E-state index >= 15 is 0 Å². The number of benzene rings is 1. The van der Waals surface area contributed by atoms with Crippen LogP contribution in [0.25, 0.3) is 0 Å². The van der Waals surface area contributed by atoms with E-state index in [0.29, 0.717) is 19.6 Å². The third-order valence-electron chi connectivity index (χ3n) is 4.17. The number of likely N-dealkylation sites (tertiary alicyclic amines) is 1. The van der Waals surface area contributed by atoms with Crippen LogP contribution >= 0.6 is 23.4 Å². The summed E-state index contributed by atoms with van der Waals surface area (Å²) in [5.41, 5.74) is -0.525. The van der Waals surface area contributed by atoms with Gasteiger partial charge in [-0.25, -0.2) is 4.79 Å². The third kappa shape index (κ3) is 8.15. The summed E-state index contributed by atoms with van der Waals surface area (Å²) >= 11 is 7.48. The summed E-state index contributed by atoms with van der Waals surface area (Å²) in [5.74, 6) is -0.166. The van der Waals surface area contributed by atoms with Crippen LogP contribution in [-0.4, -0.2) is 42.1 Å². The molecule has 2 rings (SSSR count). The minimum absolute atomic E-state index is 0.00649. The van der Waals surface area contributed by atoms with Gasteiger partial charge < -0.3 is 15.0 Å². The summed E-state index contributed by atoms with van der Waals surface area (Å²) in [5, 5.41) is 5.71. The zero-order valence-corrected chi connectivity index (χ0v) is 18.3. The molecule has 1 N–H and O–H groups in total. The fourth-order valence-electron chi connectivity index (χ4n) is 2.81. The molecule has 1 aliphatic heterocycles. The molecule has 0 aliphatic carbocycles. The van der Waals surface area contributed by atoms with E-state index in [9.17, 15) is 9.59 Å². The highest BCUT2D eigenvalue weighted by Crippen LogP contribution is 2.21. The van der Waals surface area contributed by atoms with E-state index in [1.165, 1.54) is 0 Å². The van der Waals surface area contributed by atoms with Crippen molar-refractivity contribution in [2.45, 2.75) is 50.5 Å². The van der Waals surface area contributed by atoms with Crippen molar-refractivity contribution >= 4 is 35.4 Å². The number of amides is 2. The van der Waals surface area contributed by atoms with Gasteiger partial charge in [0.15, 0.2) is 0 Å². The number of carbonyl (C=O) groups excluding carboxylic acids is 2. The Labute approximate surface area is 176 Å². The van der Waals surface area contributed by atoms with Gasteiger partial charge in [0.1, 0.15) is 5.60 Å². The van der Waals surface area contributed by atoms with Crippen molar-refractivity contribution in [2.75, 3.05) is 19.6 Å². The van der Waals surface area contributed by atoms with Gasteiger partial charge in [-0.3, -0.25) is 4.79 Å². The minimum Gasteiger partial charge on any atom is -0.444 e. The number of piperidine rings is 1. The summed E-state index contributed by atoms with van der Waals surface area (Å²) in [4.78, 5) is 27.4. The Bertz CT molecular complexity index is 686. The number of ether oxygens (including phenoxy) is 1. The second-order valence-electron chi connectivity index (χ2n) is 7.79. The lowest BCUT2D eigenvalue weighted by atomic mass is 9.97. The maximum atomic E-state index is 12.4. The number of thioether (sulfide) groups is 1. The van der Waals surface area contributed by atoms with E-state index in [2.05, 4.69) is 5.32 Å². The first kappa shape index (κ1) is 22.6. The topological polar surface area (TPSA) is 58.6 Å². The molecule has 1 aromatic rings. The number of carbonyl (C=O) groups is 2.